The first-order chi connectivity index (χ1) is 9.93. The van der Waals surface area contributed by atoms with E-state index in [1.54, 1.807) is 6.07 Å². The smallest absolute Gasteiger partial charge is 0.255 e. The van der Waals surface area contributed by atoms with E-state index in [9.17, 15) is 4.79 Å². The van der Waals surface area contributed by atoms with Gasteiger partial charge < -0.3 is 14.5 Å². The number of amides is 1. The van der Waals surface area contributed by atoms with Crippen molar-refractivity contribution in [1.82, 2.24) is 14.8 Å². The van der Waals surface area contributed by atoms with Crippen molar-refractivity contribution in [2.24, 2.45) is 5.92 Å². The van der Waals surface area contributed by atoms with E-state index in [1.165, 1.54) is 6.20 Å². The number of hydrogen-bond donors (Lipinski definition) is 0. The Balaban J connectivity index is 2.12. The minimum atomic E-state index is -0.0244. The lowest BCUT2D eigenvalue weighted by Crippen LogP contribution is -2.35. The quantitative estimate of drug-likeness (QED) is 0.855. The summed E-state index contributed by atoms with van der Waals surface area (Å²) in [5, 5.41) is 0.374. The van der Waals surface area contributed by atoms with Crippen LogP contribution in [0.5, 0.6) is 5.88 Å². The van der Waals surface area contributed by atoms with Crippen molar-refractivity contribution < 1.29 is 9.53 Å². The average molecular weight is 312 g/mol. The molecular weight excluding hydrogens is 290 g/mol. The fourth-order valence-electron chi connectivity index (χ4n) is 2.76. The number of rotatable bonds is 4. The number of carbonyl (C=O) groups is 1. The third-order valence-corrected chi connectivity index (χ3v) is 4.13. The topological polar surface area (TPSA) is 45.7 Å². The third kappa shape index (κ3) is 3.47. The van der Waals surface area contributed by atoms with Crippen LogP contribution in [0.3, 0.4) is 0 Å². The number of aromatic nitrogens is 1. The van der Waals surface area contributed by atoms with Crippen molar-refractivity contribution >= 4 is 17.5 Å². The van der Waals surface area contributed by atoms with Crippen LogP contribution in [0.25, 0.3) is 0 Å². The molecule has 0 bridgehead atoms. The van der Waals surface area contributed by atoms with Gasteiger partial charge in [0.05, 0.1) is 12.2 Å². The summed E-state index contributed by atoms with van der Waals surface area (Å²) in [6.45, 7) is 6.02. The summed E-state index contributed by atoms with van der Waals surface area (Å²) in [7, 11) is 4.09. The largest absolute Gasteiger partial charge is 0.477 e. The maximum absolute atomic E-state index is 12.5. The number of likely N-dealkylation sites (N-methyl/N-ethyl adjacent to an activating group) is 1. The fraction of sp³-hybridized carbons (Fsp3) is 0.600. The van der Waals surface area contributed by atoms with Crippen molar-refractivity contribution in [2.45, 2.75) is 19.9 Å². The van der Waals surface area contributed by atoms with Crippen LogP contribution in [-0.4, -0.2) is 60.5 Å². The minimum absolute atomic E-state index is 0.0244. The van der Waals surface area contributed by atoms with Crippen molar-refractivity contribution in [3.8, 4) is 5.88 Å². The third-order valence-electron chi connectivity index (χ3n) is 3.86. The van der Waals surface area contributed by atoms with E-state index in [-0.39, 0.29) is 5.91 Å². The van der Waals surface area contributed by atoms with Crippen LogP contribution in [0.1, 0.15) is 24.2 Å². The first kappa shape index (κ1) is 16.0. The van der Waals surface area contributed by atoms with Crippen LogP contribution in [0.15, 0.2) is 12.3 Å². The van der Waals surface area contributed by atoms with Crippen LogP contribution >= 0.6 is 11.6 Å². The van der Waals surface area contributed by atoms with Gasteiger partial charge in [0.2, 0.25) is 5.88 Å². The van der Waals surface area contributed by atoms with Gasteiger partial charge in [-0.1, -0.05) is 18.5 Å². The molecule has 1 saturated heterocycles. The predicted molar refractivity (Wildman–Crippen MR) is 83.0 cm³/mol. The summed E-state index contributed by atoms with van der Waals surface area (Å²) in [5.74, 6) is 0.801. The summed E-state index contributed by atoms with van der Waals surface area (Å²) in [4.78, 5) is 20.7. The first-order valence-corrected chi connectivity index (χ1v) is 7.55. The Hall–Kier alpha value is -1.33. The molecule has 0 N–H and O–H groups in total. The van der Waals surface area contributed by atoms with Gasteiger partial charge in [0, 0.05) is 25.3 Å². The number of halogens is 1. The number of nitrogens with zero attached hydrogens (tertiary/aromatic N) is 3. The molecule has 2 atom stereocenters. The molecule has 1 fully saturated rings. The standard InChI is InChI=1S/C15H22ClN3O2/c1-5-21-14-12(16)6-11(7-17-14)15(20)19-8-10(2)13(9-19)18(3)4/h6-7,10,13H,5,8-9H2,1-4H3/t10-,13-/m0/s1. The number of ether oxygens (including phenoxy) is 1. The number of hydrogen-bond acceptors (Lipinski definition) is 4. The highest BCUT2D eigenvalue weighted by atomic mass is 35.5. The van der Waals surface area contributed by atoms with Crippen LogP contribution in [0, 0.1) is 5.92 Å². The molecule has 0 saturated carbocycles. The van der Waals surface area contributed by atoms with E-state index < -0.39 is 0 Å². The van der Waals surface area contributed by atoms with E-state index in [1.807, 2.05) is 25.9 Å². The Bertz CT molecular complexity index is 522. The normalized spacial score (nSPS) is 21.9. The van der Waals surface area contributed by atoms with Crippen molar-refractivity contribution in [2.75, 3.05) is 33.8 Å². The summed E-state index contributed by atoms with van der Waals surface area (Å²) in [6.07, 6.45) is 1.53. The van der Waals surface area contributed by atoms with Gasteiger partial charge in [-0.2, -0.15) is 0 Å². The molecule has 0 aromatic carbocycles. The molecule has 1 aromatic rings. The number of pyridine rings is 1. The highest BCUT2D eigenvalue weighted by Crippen LogP contribution is 2.25. The van der Waals surface area contributed by atoms with Crippen molar-refractivity contribution in [3.05, 3.63) is 22.8 Å². The van der Waals surface area contributed by atoms with Gasteiger partial charge in [-0.25, -0.2) is 4.98 Å². The first-order valence-electron chi connectivity index (χ1n) is 7.18. The van der Waals surface area contributed by atoms with Crippen LogP contribution < -0.4 is 4.74 Å². The molecule has 116 valence electrons. The molecule has 5 nitrogen and oxygen atoms in total. The number of carbonyl (C=O) groups excluding carboxylic acids is 1. The van der Waals surface area contributed by atoms with Crippen molar-refractivity contribution in [3.63, 3.8) is 0 Å². The summed E-state index contributed by atoms with van der Waals surface area (Å²) in [5.41, 5.74) is 0.509. The molecule has 21 heavy (non-hydrogen) atoms. The summed E-state index contributed by atoms with van der Waals surface area (Å²) >= 11 is 6.10. The Morgan fingerprint density at radius 3 is 2.76 bits per heavy atom. The van der Waals surface area contributed by atoms with Crippen LogP contribution in [0.4, 0.5) is 0 Å². The molecule has 0 unspecified atom stereocenters. The molecule has 1 aliphatic rings. The molecule has 0 radical (unpaired) electrons. The molecule has 0 spiro atoms. The minimum Gasteiger partial charge on any atom is -0.477 e. The molecule has 2 heterocycles. The lowest BCUT2D eigenvalue weighted by Gasteiger charge is -2.22. The maximum atomic E-state index is 12.5. The monoisotopic (exact) mass is 311 g/mol. The van der Waals surface area contributed by atoms with Crippen LogP contribution in [0.2, 0.25) is 5.02 Å². The molecule has 0 aliphatic carbocycles. The molecule has 2 rings (SSSR count). The summed E-state index contributed by atoms with van der Waals surface area (Å²) < 4.78 is 5.29. The second kappa shape index (κ2) is 6.62. The zero-order valence-corrected chi connectivity index (χ0v) is 13.7. The van der Waals surface area contributed by atoms with E-state index in [4.69, 9.17) is 16.3 Å². The second-order valence-corrected chi connectivity index (χ2v) is 6.07. The second-order valence-electron chi connectivity index (χ2n) is 5.66. The Morgan fingerprint density at radius 1 is 1.52 bits per heavy atom. The zero-order valence-electron chi connectivity index (χ0n) is 13.0. The van der Waals surface area contributed by atoms with E-state index in [0.29, 0.717) is 35.0 Å². The lowest BCUT2D eigenvalue weighted by molar-refractivity contribution is 0.0781. The molecule has 1 aliphatic heterocycles. The highest BCUT2D eigenvalue weighted by molar-refractivity contribution is 6.32. The maximum Gasteiger partial charge on any atom is 0.255 e. The predicted octanol–water partition coefficient (Wildman–Crippen LogP) is 2.16. The summed E-state index contributed by atoms with van der Waals surface area (Å²) in [6, 6.07) is 2.02. The Morgan fingerprint density at radius 2 is 2.24 bits per heavy atom. The van der Waals surface area contributed by atoms with Gasteiger partial charge in [0.25, 0.3) is 5.91 Å². The van der Waals surface area contributed by atoms with Gasteiger partial charge in [0.15, 0.2) is 0 Å². The van der Waals surface area contributed by atoms with E-state index in [2.05, 4.69) is 16.8 Å². The van der Waals surface area contributed by atoms with Gasteiger partial charge >= 0.3 is 0 Å². The van der Waals surface area contributed by atoms with Gasteiger partial charge in [0.1, 0.15) is 5.02 Å². The lowest BCUT2D eigenvalue weighted by atomic mass is 10.1. The molecule has 6 heteroatoms. The molecule has 1 aromatic heterocycles. The molecule has 1 amide bonds. The number of likely N-dealkylation sites (tertiary alicyclic amines) is 1. The Labute approximate surface area is 130 Å². The Kier molecular flexibility index (Phi) is 5.06. The SMILES string of the molecule is CCOc1ncc(C(=O)N2C[C@H](C)[C@@H](N(C)C)C2)cc1Cl. The van der Waals surface area contributed by atoms with Gasteiger partial charge in [-0.05, 0) is 33.0 Å². The van der Waals surface area contributed by atoms with Gasteiger partial charge in [-0.3, -0.25) is 4.79 Å². The van der Waals surface area contributed by atoms with Crippen LogP contribution in [-0.2, 0) is 0 Å². The van der Waals surface area contributed by atoms with Gasteiger partial charge in [-0.15, -0.1) is 0 Å². The molecular formula is C15H22ClN3O2. The average Bonchev–Trinajstić information content (AvgIpc) is 2.82. The highest BCUT2D eigenvalue weighted by Gasteiger charge is 2.34. The van der Waals surface area contributed by atoms with E-state index in [0.717, 1.165) is 13.1 Å². The zero-order chi connectivity index (χ0) is 15.6. The fourth-order valence-corrected chi connectivity index (χ4v) is 2.98. The van der Waals surface area contributed by atoms with E-state index >= 15 is 0 Å². The van der Waals surface area contributed by atoms with Crippen molar-refractivity contribution in [1.29, 1.82) is 0 Å².